The standard InChI is InChI=1S/C22H24FN7O/c1-31-14-13-30-22(25-26-27-30)21(18-6-4-5-17(15-18)16-24)29-11-9-28(10-12-29)20-8-3-2-7-19(20)23/h2-8,15,21H,9-14H2,1H3/p+1/t21-/m0/s1. The van der Waals surface area contributed by atoms with Gasteiger partial charge in [0.1, 0.15) is 5.82 Å². The predicted octanol–water partition coefficient (Wildman–Crippen LogP) is 0.825. The van der Waals surface area contributed by atoms with Crippen molar-refractivity contribution in [1.29, 1.82) is 5.26 Å². The third-order valence-electron chi connectivity index (χ3n) is 5.68. The highest BCUT2D eigenvalue weighted by Gasteiger charge is 2.34. The molecular formula is C22H25FN7O+. The van der Waals surface area contributed by atoms with E-state index in [1.807, 2.05) is 30.3 Å². The van der Waals surface area contributed by atoms with E-state index in [4.69, 9.17) is 4.74 Å². The van der Waals surface area contributed by atoms with Crippen molar-refractivity contribution < 1.29 is 14.0 Å². The summed E-state index contributed by atoms with van der Waals surface area (Å²) in [5.41, 5.74) is 2.22. The molecule has 4 rings (SSSR count). The highest BCUT2D eigenvalue weighted by molar-refractivity contribution is 5.47. The third kappa shape index (κ3) is 4.55. The maximum Gasteiger partial charge on any atom is 0.214 e. The number of benzene rings is 2. The number of anilines is 1. The predicted molar refractivity (Wildman–Crippen MR) is 112 cm³/mol. The van der Waals surface area contributed by atoms with Crippen LogP contribution >= 0.6 is 0 Å². The van der Waals surface area contributed by atoms with Crippen molar-refractivity contribution in [1.82, 2.24) is 20.2 Å². The molecule has 0 amide bonds. The molecule has 0 unspecified atom stereocenters. The maximum absolute atomic E-state index is 14.3. The second-order valence-electron chi connectivity index (χ2n) is 7.52. The van der Waals surface area contributed by atoms with Gasteiger partial charge in [-0.2, -0.15) is 5.26 Å². The number of halogens is 1. The average Bonchev–Trinajstić information content (AvgIpc) is 3.27. The highest BCUT2D eigenvalue weighted by atomic mass is 19.1. The summed E-state index contributed by atoms with van der Waals surface area (Å²) in [5.74, 6) is 0.536. The number of para-hydroxylation sites is 1. The molecule has 8 nitrogen and oxygen atoms in total. The van der Waals surface area contributed by atoms with Crippen molar-refractivity contribution in [2.75, 3.05) is 44.8 Å². The summed E-state index contributed by atoms with van der Waals surface area (Å²) < 4.78 is 21.2. The van der Waals surface area contributed by atoms with Crippen molar-refractivity contribution in [2.24, 2.45) is 0 Å². The van der Waals surface area contributed by atoms with Gasteiger partial charge in [0, 0.05) is 12.7 Å². The molecule has 2 aromatic carbocycles. The molecule has 0 radical (unpaired) electrons. The molecule has 1 fully saturated rings. The molecule has 0 saturated carbocycles. The summed E-state index contributed by atoms with van der Waals surface area (Å²) in [6.45, 7) is 4.04. The molecule has 3 aromatic rings. The van der Waals surface area contributed by atoms with Crippen LogP contribution < -0.4 is 9.80 Å². The molecule has 0 spiro atoms. The number of methoxy groups -OCH3 is 1. The van der Waals surface area contributed by atoms with Crippen LogP contribution in [0.4, 0.5) is 10.1 Å². The van der Waals surface area contributed by atoms with Crippen molar-refractivity contribution in [3.05, 3.63) is 71.3 Å². The molecule has 1 saturated heterocycles. The molecule has 2 heterocycles. The minimum Gasteiger partial charge on any atom is -0.383 e. The lowest BCUT2D eigenvalue weighted by Gasteiger charge is -2.37. The number of piperazine rings is 1. The Morgan fingerprint density at radius 1 is 1.19 bits per heavy atom. The Morgan fingerprint density at radius 3 is 2.74 bits per heavy atom. The van der Waals surface area contributed by atoms with E-state index in [0.29, 0.717) is 37.5 Å². The van der Waals surface area contributed by atoms with E-state index in [9.17, 15) is 9.65 Å². The van der Waals surface area contributed by atoms with Gasteiger partial charge in [-0.25, -0.2) is 9.07 Å². The minimum absolute atomic E-state index is 0.136. The van der Waals surface area contributed by atoms with Crippen LogP contribution in [0.5, 0.6) is 0 Å². The van der Waals surface area contributed by atoms with Crippen molar-refractivity contribution in [3.63, 3.8) is 0 Å². The zero-order valence-corrected chi connectivity index (χ0v) is 17.4. The van der Waals surface area contributed by atoms with Gasteiger partial charge in [-0.15, -0.1) is 5.10 Å². The van der Waals surface area contributed by atoms with Crippen molar-refractivity contribution in [3.8, 4) is 6.07 Å². The quantitative estimate of drug-likeness (QED) is 0.607. The maximum atomic E-state index is 14.3. The fraction of sp³-hybridized carbons (Fsp3) is 0.364. The zero-order valence-electron chi connectivity index (χ0n) is 17.4. The lowest BCUT2D eigenvalue weighted by Crippen LogP contribution is -3.15. The first-order valence-electron chi connectivity index (χ1n) is 10.3. The van der Waals surface area contributed by atoms with Crippen LogP contribution in [-0.4, -0.2) is 60.1 Å². The van der Waals surface area contributed by atoms with Crippen LogP contribution in [0.15, 0.2) is 48.5 Å². The number of tetrazole rings is 1. The molecule has 160 valence electrons. The number of hydrogen-bond donors (Lipinski definition) is 1. The molecule has 9 heteroatoms. The van der Waals surface area contributed by atoms with Crippen LogP contribution in [0, 0.1) is 17.1 Å². The SMILES string of the molecule is COCCn1nnnc1[C@H](c1cccc(C#N)c1)[NH+]1CCN(c2ccccc2F)CC1. The van der Waals surface area contributed by atoms with Gasteiger partial charge in [0.25, 0.3) is 0 Å². The normalized spacial score (nSPS) is 15.6. The Hall–Kier alpha value is -3.35. The van der Waals surface area contributed by atoms with E-state index in [-0.39, 0.29) is 11.9 Å². The van der Waals surface area contributed by atoms with E-state index < -0.39 is 0 Å². The van der Waals surface area contributed by atoms with Crippen LogP contribution in [0.2, 0.25) is 0 Å². The van der Waals surface area contributed by atoms with E-state index in [2.05, 4.69) is 26.5 Å². The summed E-state index contributed by atoms with van der Waals surface area (Å²) in [5, 5.41) is 21.8. The lowest BCUT2D eigenvalue weighted by molar-refractivity contribution is -0.927. The number of nitrogens with one attached hydrogen (secondary N) is 1. The van der Waals surface area contributed by atoms with Gasteiger partial charge < -0.3 is 14.5 Å². The van der Waals surface area contributed by atoms with Gasteiger partial charge in [-0.3, -0.25) is 0 Å². The summed E-state index contributed by atoms with van der Waals surface area (Å²) in [7, 11) is 1.64. The Bertz CT molecular complexity index is 1060. The van der Waals surface area contributed by atoms with Crippen molar-refractivity contribution >= 4 is 5.69 Å². The second-order valence-corrected chi connectivity index (χ2v) is 7.52. The molecule has 31 heavy (non-hydrogen) atoms. The molecule has 0 bridgehead atoms. The zero-order chi connectivity index (χ0) is 21.6. The van der Waals surface area contributed by atoms with Gasteiger partial charge >= 0.3 is 0 Å². The number of hydrogen-bond acceptors (Lipinski definition) is 6. The second kappa shape index (κ2) is 9.64. The minimum atomic E-state index is -0.201. The molecule has 1 atom stereocenters. The summed E-state index contributed by atoms with van der Waals surface area (Å²) in [6, 6.07) is 16.5. The first-order chi connectivity index (χ1) is 15.2. The molecule has 1 aliphatic rings. The summed E-state index contributed by atoms with van der Waals surface area (Å²) >= 11 is 0. The largest absolute Gasteiger partial charge is 0.383 e. The molecule has 0 aliphatic carbocycles. The fourth-order valence-electron chi connectivity index (χ4n) is 4.14. The van der Waals surface area contributed by atoms with E-state index in [1.54, 1.807) is 23.9 Å². The highest BCUT2D eigenvalue weighted by Crippen LogP contribution is 2.21. The Kier molecular flexibility index (Phi) is 6.50. The van der Waals surface area contributed by atoms with E-state index in [1.165, 1.54) is 11.0 Å². The number of nitriles is 1. The van der Waals surface area contributed by atoms with E-state index in [0.717, 1.165) is 24.5 Å². The number of rotatable bonds is 7. The van der Waals surface area contributed by atoms with Gasteiger partial charge in [-0.05, 0) is 34.7 Å². The van der Waals surface area contributed by atoms with Gasteiger partial charge in [-0.1, -0.05) is 24.3 Å². The summed E-state index contributed by atoms with van der Waals surface area (Å²) in [6.07, 6.45) is 0. The smallest absolute Gasteiger partial charge is 0.214 e. The molecule has 1 aromatic heterocycles. The molecule has 1 N–H and O–H groups in total. The van der Waals surface area contributed by atoms with Crippen LogP contribution in [0.1, 0.15) is 23.0 Å². The van der Waals surface area contributed by atoms with Gasteiger partial charge in [0.2, 0.25) is 5.82 Å². The number of quaternary nitrogens is 1. The third-order valence-corrected chi connectivity index (χ3v) is 5.68. The topological polar surface area (TPSA) is 84.3 Å². The van der Waals surface area contributed by atoms with Crippen LogP contribution in [0.3, 0.4) is 0 Å². The van der Waals surface area contributed by atoms with Gasteiger partial charge in [0.05, 0.1) is 56.7 Å². The first-order valence-corrected chi connectivity index (χ1v) is 10.3. The number of nitrogens with zero attached hydrogens (tertiary/aromatic N) is 6. The fourth-order valence-corrected chi connectivity index (χ4v) is 4.14. The lowest BCUT2D eigenvalue weighted by atomic mass is 10.0. The van der Waals surface area contributed by atoms with E-state index >= 15 is 0 Å². The van der Waals surface area contributed by atoms with Gasteiger partial charge in [0.15, 0.2) is 6.04 Å². The Labute approximate surface area is 180 Å². The number of aromatic nitrogens is 4. The summed E-state index contributed by atoms with van der Waals surface area (Å²) in [4.78, 5) is 3.35. The monoisotopic (exact) mass is 422 g/mol. The van der Waals surface area contributed by atoms with Crippen molar-refractivity contribution in [2.45, 2.75) is 12.6 Å². The van der Waals surface area contributed by atoms with Crippen LogP contribution in [0.25, 0.3) is 0 Å². The number of ether oxygens (including phenoxy) is 1. The van der Waals surface area contributed by atoms with Crippen LogP contribution in [-0.2, 0) is 11.3 Å². The Balaban J connectivity index is 1.62. The molecule has 1 aliphatic heterocycles. The molecular weight excluding hydrogens is 397 g/mol. The Morgan fingerprint density at radius 2 is 2.00 bits per heavy atom. The average molecular weight is 422 g/mol. The first kappa shape index (κ1) is 20.9.